The van der Waals surface area contributed by atoms with Crippen molar-refractivity contribution < 1.29 is 4.42 Å². The standard InChI is InChI=1S/C12H18BrNO/c1-14-10(8-9-4-2-3-5-9)11-6-7-12(13)15-11/h6-7,9-10,14H,2-5,8H2,1H3. The van der Waals surface area contributed by atoms with Gasteiger partial charge in [0.1, 0.15) is 5.76 Å². The Kier molecular flexibility index (Phi) is 3.87. The molecule has 1 aliphatic rings. The molecule has 1 saturated carbocycles. The van der Waals surface area contributed by atoms with Gasteiger partial charge in [0.05, 0.1) is 6.04 Å². The van der Waals surface area contributed by atoms with Crippen molar-refractivity contribution in [2.24, 2.45) is 5.92 Å². The van der Waals surface area contributed by atoms with Crippen LogP contribution in [0.4, 0.5) is 0 Å². The number of hydrogen-bond acceptors (Lipinski definition) is 2. The normalized spacial score (nSPS) is 19.6. The smallest absolute Gasteiger partial charge is 0.169 e. The van der Waals surface area contributed by atoms with Gasteiger partial charge in [0.25, 0.3) is 0 Å². The number of hydrogen-bond donors (Lipinski definition) is 1. The minimum atomic E-state index is 0.374. The van der Waals surface area contributed by atoms with Crippen molar-refractivity contribution in [1.29, 1.82) is 0 Å². The van der Waals surface area contributed by atoms with E-state index in [1.165, 1.54) is 32.1 Å². The Balaban J connectivity index is 1.97. The number of nitrogens with one attached hydrogen (secondary N) is 1. The van der Waals surface area contributed by atoms with E-state index in [0.29, 0.717) is 6.04 Å². The highest BCUT2D eigenvalue weighted by Crippen LogP contribution is 2.33. The molecule has 1 unspecified atom stereocenters. The van der Waals surface area contributed by atoms with E-state index in [4.69, 9.17) is 4.42 Å². The maximum absolute atomic E-state index is 5.60. The summed E-state index contributed by atoms with van der Waals surface area (Å²) in [7, 11) is 2.01. The van der Waals surface area contributed by atoms with Crippen LogP contribution in [0.3, 0.4) is 0 Å². The summed E-state index contributed by atoms with van der Waals surface area (Å²) in [5.74, 6) is 1.93. The molecule has 0 spiro atoms. The van der Waals surface area contributed by atoms with E-state index in [0.717, 1.165) is 16.3 Å². The van der Waals surface area contributed by atoms with Crippen molar-refractivity contribution in [2.45, 2.75) is 38.1 Å². The molecule has 0 aliphatic heterocycles. The molecule has 0 radical (unpaired) electrons. The fraction of sp³-hybridized carbons (Fsp3) is 0.667. The molecule has 0 bridgehead atoms. The number of rotatable bonds is 4. The van der Waals surface area contributed by atoms with Gasteiger partial charge in [-0.3, -0.25) is 0 Å². The van der Waals surface area contributed by atoms with Crippen LogP contribution in [-0.2, 0) is 0 Å². The van der Waals surface area contributed by atoms with E-state index in [1.54, 1.807) is 0 Å². The molecule has 84 valence electrons. The SMILES string of the molecule is CNC(CC1CCCC1)c1ccc(Br)o1. The zero-order valence-corrected chi connectivity index (χ0v) is 10.7. The number of halogens is 1. The molecule has 1 aromatic heterocycles. The summed E-state index contributed by atoms with van der Waals surface area (Å²) in [4.78, 5) is 0. The third kappa shape index (κ3) is 2.85. The first-order valence-electron chi connectivity index (χ1n) is 5.72. The van der Waals surface area contributed by atoms with Crippen LogP contribution < -0.4 is 5.32 Å². The fourth-order valence-corrected chi connectivity index (χ4v) is 2.79. The number of furan rings is 1. The van der Waals surface area contributed by atoms with Gasteiger partial charge in [-0.05, 0) is 47.4 Å². The van der Waals surface area contributed by atoms with E-state index in [2.05, 4.69) is 27.3 Å². The van der Waals surface area contributed by atoms with Gasteiger partial charge >= 0.3 is 0 Å². The summed E-state index contributed by atoms with van der Waals surface area (Å²) in [6.45, 7) is 0. The van der Waals surface area contributed by atoms with Crippen LogP contribution >= 0.6 is 15.9 Å². The molecule has 1 heterocycles. The van der Waals surface area contributed by atoms with Crippen LogP contribution in [0.5, 0.6) is 0 Å². The third-order valence-electron chi connectivity index (χ3n) is 3.33. The van der Waals surface area contributed by atoms with Crippen LogP contribution in [0, 0.1) is 5.92 Å². The molecule has 0 saturated heterocycles. The minimum absolute atomic E-state index is 0.374. The van der Waals surface area contributed by atoms with E-state index >= 15 is 0 Å². The van der Waals surface area contributed by atoms with Crippen LogP contribution in [0.1, 0.15) is 43.9 Å². The van der Waals surface area contributed by atoms with Gasteiger partial charge in [0.15, 0.2) is 4.67 Å². The Morgan fingerprint density at radius 2 is 2.20 bits per heavy atom. The van der Waals surface area contributed by atoms with Crippen molar-refractivity contribution in [3.63, 3.8) is 0 Å². The van der Waals surface area contributed by atoms with Crippen molar-refractivity contribution in [2.75, 3.05) is 7.05 Å². The molecule has 2 nitrogen and oxygen atoms in total. The average molecular weight is 272 g/mol. The maximum atomic E-state index is 5.60. The van der Waals surface area contributed by atoms with E-state index in [9.17, 15) is 0 Å². The molecule has 1 fully saturated rings. The molecule has 1 N–H and O–H groups in total. The summed E-state index contributed by atoms with van der Waals surface area (Å²) in [5, 5.41) is 3.34. The highest BCUT2D eigenvalue weighted by atomic mass is 79.9. The minimum Gasteiger partial charge on any atom is -0.453 e. The second-order valence-electron chi connectivity index (χ2n) is 4.37. The summed E-state index contributed by atoms with van der Waals surface area (Å²) in [6, 6.07) is 4.40. The molecule has 2 rings (SSSR count). The van der Waals surface area contributed by atoms with E-state index < -0.39 is 0 Å². The maximum Gasteiger partial charge on any atom is 0.169 e. The first-order valence-corrected chi connectivity index (χ1v) is 6.51. The summed E-state index contributed by atoms with van der Waals surface area (Å²) in [5.41, 5.74) is 0. The molecule has 0 amide bonds. The van der Waals surface area contributed by atoms with Crippen molar-refractivity contribution in [3.05, 3.63) is 22.6 Å². The summed E-state index contributed by atoms with van der Waals surface area (Å²) in [6.07, 6.45) is 6.79. The second-order valence-corrected chi connectivity index (χ2v) is 5.15. The Labute approximate surface area is 99.6 Å². The van der Waals surface area contributed by atoms with Gasteiger partial charge in [0.2, 0.25) is 0 Å². The molecule has 15 heavy (non-hydrogen) atoms. The van der Waals surface area contributed by atoms with E-state index in [1.807, 2.05) is 13.1 Å². The Morgan fingerprint density at radius 1 is 1.47 bits per heavy atom. The Morgan fingerprint density at radius 3 is 2.73 bits per heavy atom. The monoisotopic (exact) mass is 271 g/mol. The average Bonchev–Trinajstić information content (AvgIpc) is 2.85. The van der Waals surface area contributed by atoms with Gasteiger partial charge < -0.3 is 9.73 Å². The zero-order chi connectivity index (χ0) is 10.7. The molecular weight excluding hydrogens is 254 g/mol. The van der Waals surface area contributed by atoms with Gasteiger partial charge in [-0.25, -0.2) is 0 Å². The van der Waals surface area contributed by atoms with Crippen LogP contribution in [0.2, 0.25) is 0 Å². The quantitative estimate of drug-likeness (QED) is 0.899. The Bertz CT molecular complexity index is 304. The van der Waals surface area contributed by atoms with E-state index in [-0.39, 0.29) is 0 Å². The highest BCUT2D eigenvalue weighted by molar-refractivity contribution is 9.10. The highest BCUT2D eigenvalue weighted by Gasteiger charge is 2.22. The third-order valence-corrected chi connectivity index (χ3v) is 3.76. The molecule has 1 atom stereocenters. The molecule has 3 heteroatoms. The van der Waals surface area contributed by atoms with Crippen LogP contribution in [0.25, 0.3) is 0 Å². The predicted octanol–water partition coefficient (Wildman–Crippen LogP) is 3.88. The lowest BCUT2D eigenvalue weighted by molar-refractivity contribution is 0.351. The summed E-state index contributed by atoms with van der Waals surface area (Å²) < 4.78 is 6.42. The largest absolute Gasteiger partial charge is 0.453 e. The van der Waals surface area contributed by atoms with Crippen LogP contribution in [-0.4, -0.2) is 7.05 Å². The lowest BCUT2D eigenvalue weighted by atomic mass is 9.97. The van der Waals surface area contributed by atoms with Gasteiger partial charge in [-0.2, -0.15) is 0 Å². The van der Waals surface area contributed by atoms with Crippen molar-refractivity contribution in [1.82, 2.24) is 5.32 Å². The molecule has 1 aliphatic carbocycles. The van der Waals surface area contributed by atoms with Gasteiger partial charge in [-0.1, -0.05) is 25.7 Å². The van der Waals surface area contributed by atoms with Gasteiger partial charge in [0, 0.05) is 0 Å². The van der Waals surface area contributed by atoms with Gasteiger partial charge in [-0.15, -0.1) is 0 Å². The lowest BCUT2D eigenvalue weighted by Gasteiger charge is -2.17. The molecule has 1 aromatic rings. The molecular formula is C12H18BrNO. The Hall–Kier alpha value is -0.280. The topological polar surface area (TPSA) is 25.2 Å². The first kappa shape index (κ1) is 11.2. The zero-order valence-electron chi connectivity index (χ0n) is 9.13. The fourth-order valence-electron chi connectivity index (χ4n) is 2.47. The first-order chi connectivity index (χ1) is 7.29. The molecule has 0 aromatic carbocycles. The lowest BCUT2D eigenvalue weighted by Crippen LogP contribution is -2.18. The van der Waals surface area contributed by atoms with Crippen molar-refractivity contribution in [3.8, 4) is 0 Å². The van der Waals surface area contributed by atoms with Crippen molar-refractivity contribution >= 4 is 15.9 Å². The predicted molar refractivity (Wildman–Crippen MR) is 64.8 cm³/mol. The summed E-state index contributed by atoms with van der Waals surface area (Å²) >= 11 is 3.35. The second kappa shape index (κ2) is 5.17. The van der Waals surface area contributed by atoms with Crippen LogP contribution in [0.15, 0.2) is 21.2 Å².